The lowest BCUT2D eigenvalue weighted by molar-refractivity contribution is 0.242. The van der Waals surface area contributed by atoms with Crippen LogP contribution in [-0.4, -0.2) is 33.5 Å². The molecule has 0 radical (unpaired) electrons. The van der Waals surface area contributed by atoms with Crippen LogP contribution in [0.2, 0.25) is 0 Å². The zero-order valence-corrected chi connectivity index (χ0v) is 17.7. The largest absolute Gasteiger partial charge is 0.395 e. The van der Waals surface area contributed by atoms with Crippen LogP contribution in [0.25, 0.3) is 11.6 Å². The van der Waals surface area contributed by atoms with Gasteiger partial charge in [0.25, 0.3) is 5.56 Å². The molecule has 0 spiro atoms. The molecule has 2 aromatic rings. The van der Waals surface area contributed by atoms with E-state index in [9.17, 15) is 14.7 Å². The number of aliphatic hydroxyl groups excluding tert-OH is 1. The number of nitrogens with zero attached hydrogens (tertiary/aromatic N) is 1. The summed E-state index contributed by atoms with van der Waals surface area (Å²) in [5.74, 6) is -0.445. The number of nitrogens with two attached hydrogens (primary N) is 1. The molecule has 4 atom stereocenters. The Kier molecular flexibility index (Phi) is 4.83. The summed E-state index contributed by atoms with van der Waals surface area (Å²) in [7, 11) is 0. The van der Waals surface area contributed by atoms with Crippen molar-refractivity contribution in [3.05, 3.63) is 52.8 Å². The number of H-pyrrole nitrogens is 1. The number of fused-ring (bicyclic) bond motifs is 2. The summed E-state index contributed by atoms with van der Waals surface area (Å²) < 4.78 is 17.1. The predicted molar refractivity (Wildman–Crippen MR) is 115 cm³/mol. The first kappa shape index (κ1) is 19.9. The lowest BCUT2D eigenvalue weighted by Crippen LogP contribution is -2.57. The van der Waals surface area contributed by atoms with Crippen LogP contribution in [0.1, 0.15) is 65.8 Å². The quantitative estimate of drug-likeness (QED) is 0.665. The average Bonchev–Trinajstić information content (AvgIpc) is 3.45. The Morgan fingerprint density at radius 1 is 1.37 bits per heavy atom. The highest BCUT2D eigenvalue weighted by atomic mass is 32.1. The summed E-state index contributed by atoms with van der Waals surface area (Å²) in [5.41, 5.74) is 7.08. The first-order valence-electron chi connectivity index (χ1n) is 10.6. The normalized spacial score (nSPS) is 26.7. The Balaban J connectivity index is 1.69. The molecule has 6 nitrogen and oxygen atoms in total. The number of halogens is 1. The molecule has 160 valence electrons. The van der Waals surface area contributed by atoms with E-state index in [1.807, 2.05) is 13.0 Å². The van der Waals surface area contributed by atoms with Crippen LogP contribution < -0.4 is 27.6 Å². The zero-order valence-electron chi connectivity index (χ0n) is 16.9. The molecule has 0 aromatic carbocycles. The summed E-state index contributed by atoms with van der Waals surface area (Å²) >= 11 is 1.60. The smallest absolute Gasteiger partial charge is 0.329 e. The summed E-state index contributed by atoms with van der Waals surface area (Å²) in [4.78, 5) is 29.4. The van der Waals surface area contributed by atoms with Gasteiger partial charge in [0.2, 0.25) is 0 Å². The van der Waals surface area contributed by atoms with Crippen molar-refractivity contribution >= 4 is 23.0 Å². The summed E-state index contributed by atoms with van der Waals surface area (Å²) in [6.45, 7) is 1.77. The molecule has 8 heteroatoms. The third-order valence-corrected chi connectivity index (χ3v) is 8.08. The minimum absolute atomic E-state index is 0.0757. The molecule has 5 rings (SSSR count). The highest BCUT2D eigenvalue weighted by Gasteiger charge is 2.35. The minimum atomic E-state index is -1.34. The lowest BCUT2D eigenvalue weighted by Gasteiger charge is -2.26. The van der Waals surface area contributed by atoms with Crippen molar-refractivity contribution in [2.45, 2.75) is 69.1 Å². The number of aryl methyl sites for hydroxylation is 1. The second-order valence-corrected chi connectivity index (χ2v) is 9.94. The van der Waals surface area contributed by atoms with E-state index in [2.05, 4.69) is 4.98 Å². The van der Waals surface area contributed by atoms with E-state index < -0.39 is 23.3 Å². The van der Waals surface area contributed by atoms with E-state index in [1.165, 1.54) is 11.0 Å². The maximum Gasteiger partial charge on any atom is 0.329 e. The van der Waals surface area contributed by atoms with Crippen molar-refractivity contribution in [1.29, 1.82) is 0 Å². The number of nitrogens with one attached hydrogen (secondary N) is 1. The Morgan fingerprint density at radius 2 is 2.13 bits per heavy atom. The van der Waals surface area contributed by atoms with Crippen LogP contribution in [0.4, 0.5) is 4.39 Å². The third-order valence-electron chi connectivity index (χ3n) is 6.79. The first-order valence-corrected chi connectivity index (χ1v) is 11.4. The van der Waals surface area contributed by atoms with Crippen molar-refractivity contribution in [3.63, 3.8) is 0 Å². The monoisotopic (exact) mass is 431 g/mol. The number of rotatable bonds is 4. The average molecular weight is 432 g/mol. The Morgan fingerprint density at radius 3 is 2.83 bits per heavy atom. The van der Waals surface area contributed by atoms with Gasteiger partial charge < -0.3 is 10.8 Å². The van der Waals surface area contributed by atoms with E-state index >= 15 is 4.39 Å². The summed E-state index contributed by atoms with van der Waals surface area (Å²) in [6.07, 6.45) is 4.68. The van der Waals surface area contributed by atoms with Crippen molar-refractivity contribution in [2.24, 2.45) is 5.73 Å². The molecule has 4 unspecified atom stereocenters. The van der Waals surface area contributed by atoms with Gasteiger partial charge in [-0.25, -0.2) is 9.18 Å². The number of alkyl halides is 1. The van der Waals surface area contributed by atoms with Gasteiger partial charge in [-0.1, -0.05) is 0 Å². The molecule has 0 amide bonds. The van der Waals surface area contributed by atoms with Gasteiger partial charge in [0, 0.05) is 27.8 Å². The fourth-order valence-electron chi connectivity index (χ4n) is 5.15. The maximum absolute atomic E-state index is 15.4. The van der Waals surface area contributed by atoms with E-state index in [1.54, 1.807) is 15.9 Å². The second kappa shape index (κ2) is 7.28. The molecule has 0 bridgehead atoms. The molecular formula is C22H26FN3O3S. The van der Waals surface area contributed by atoms with Gasteiger partial charge >= 0.3 is 5.69 Å². The third kappa shape index (κ3) is 3.04. The molecule has 3 aliphatic carbocycles. The minimum Gasteiger partial charge on any atom is -0.395 e. The van der Waals surface area contributed by atoms with Gasteiger partial charge in [0.05, 0.1) is 23.1 Å². The number of hydrogen-bond acceptors (Lipinski definition) is 5. The van der Waals surface area contributed by atoms with Gasteiger partial charge in [-0.3, -0.25) is 14.3 Å². The molecule has 30 heavy (non-hydrogen) atoms. The van der Waals surface area contributed by atoms with E-state index in [0.717, 1.165) is 48.1 Å². The fraction of sp³-hybridized carbons (Fsp3) is 0.545. The SMILES string of the molecule is CC1=c2c(c(=O)[nH]c(=O)n2C2CC2)=CC(F)C1c1cc2c(s1)CCCC2C(N)CO. The molecule has 3 aliphatic rings. The Bertz CT molecular complexity index is 1240. The molecular weight excluding hydrogens is 405 g/mol. The van der Waals surface area contributed by atoms with Crippen LogP contribution in [0.3, 0.4) is 0 Å². The molecule has 1 fully saturated rings. The van der Waals surface area contributed by atoms with Gasteiger partial charge in [-0.15, -0.1) is 11.3 Å². The number of hydrogen-bond donors (Lipinski definition) is 3. The van der Waals surface area contributed by atoms with E-state index in [4.69, 9.17) is 5.73 Å². The Labute approximate surface area is 176 Å². The molecule has 0 saturated heterocycles. The molecule has 0 aliphatic heterocycles. The molecule has 4 N–H and O–H groups in total. The fourth-order valence-corrected chi connectivity index (χ4v) is 6.63. The van der Waals surface area contributed by atoms with Gasteiger partial charge in [0.15, 0.2) is 0 Å². The van der Waals surface area contributed by atoms with Crippen LogP contribution in [0.15, 0.2) is 15.7 Å². The van der Waals surface area contributed by atoms with Crippen molar-refractivity contribution in [1.82, 2.24) is 9.55 Å². The second-order valence-electron chi connectivity index (χ2n) is 8.77. The molecule has 2 aromatic heterocycles. The van der Waals surface area contributed by atoms with Crippen LogP contribution in [0.5, 0.6) is 0 Å². The Hall–Kier alpha value is -2.03. The van der Waals surface area contributed by atoms with Gasteiger partial charge in [-0.2, -0.15) is 0 Å². The van der Waals surface area contributed by atoms with Crippen LogP contribution >= 0.6 is 11.3 Å². The van der Waals surface area contributed by atoms with Gasteiger partial charge in [0.1, 0.15) is 6.17 Å². The lowest BCUT2D eigenvalue weighted by atomic mass is 9.81. The number of aliphatic hydroxyl groups is 1. The molecule has 1 saturated carbocycles. The van der Waals surface area contributed by atoms with E-state index in [-0.39, 0.29) is 29.8 Å². The van der Waals surface area contributed by atoms with E-state index in [0.29, 0.717) is 5.35 Å². The summed E-state index contributed by atoms with van der Waals surface area (Å²) in [6, 6.07) is 1.80. The molecule has 2 heterocycles. The zero-order chi connectivity index (χ0) is 21.2. The van der Waals surface area contributed by atoms with Crippen molar-refractivity contribution in [2.75, 3.05) is 6.61 Å². The first-order chi connectivity index (χ1) is 14.4. The van der Waals surface area contributed by atoms with Crippen LogP contribution in [-0.2, 0) is 6.42 Å². The predicted octanol–water partition coefficient (Wildman–Crippen LogP) is 0.759. The number of aromatic amines is 1. The highest BCUT2D eigenvalue weighted by Crippen LogP contribution is 2.44. The topological polar surface area (TPSA) is 101 Å². The standard InChI is InChI=1S/C22H26FN3O3S/c1-10-19(18-8-13-12(16(24)9-27)3-2-4-17(13)30-18)15(23)7-14-20(10)26(11-5-6-11)22(29)25-21(14)28/h7-8,11-12,15-16,19,27H,2-6,9,24H2,1H3,(H,25,28,29). The maximum atomic E-state index is 15.4. The number of aromatic nitrogens is 2. The van der Waals surface area contributed by atoms with Crippen molar-refractivity contribution < 1.29 is 9.50 Å². The number of thiophene rings is 1. The highest BCUT2D eigenvalue weighted by molar-refractivity contribution is 7.12. The van der Waals surface area contributed by atoms with Gasteiger partial charge in [-0.05, 0) is 62.3 Å². The van der Waals surface area contributed by atoms with Crippen LogP contribution in [0, 0.1) is 0 Å². The van der Waals surface area contributed by atoms with Crippen molar-refractivity contribution in [3.8, 4) is 0 Å². The summed E-state index contributed by atoms with van der Waals surface area (Å²) in [5, 5.41) is 10.4.